The molecule has 0 saturated heterocycles. The van der Waals surface area contributed by atoms with E-state index >= 15 is 0 Å². The van der Waals surface area contributed by atoms with Crippen molar-refractivity contribution in [1.82, 2.24) is 16.2 Å². The van der Waals surface area contributed by atoms with Gasteiger partial charge in [0.05, 0.1) is 13.7 Å². The highest BCUT2D eigenvalue weighted by molar-refractivity contribution is 7.80. The predicted octanol–water partition coefficient (Wildman–Crippen LogP) is 2.78. The average molecular weight is 365 g/mol. The number of carbonyl (C=O) groups is 1. The fourth-order valence-corrected chi connectivity index (χ4v) is 3.21. The second-order valence-electron chi connectivity index (χ2n) is 6.22. The minimum Gasteiger partial charge on any atom is -0.493 e. The van der Waals surface area contributed by atoms with E-state index in [2.05, 4.69) is 23.1 Å². The summed E-state index contributed by atoms with van der Waals surface area (Å²) < 4.78 is 10.7. The molecule has 2 atom stereocenters. The Morgan fingerprint density at radius 3 is 2.68 bits per heavy atom. The summed E-state index contributed by atoms with van der Waals surface area (Å²) in [5.74, 6) is 1.42. The molecular weight excluding hydrogens is 338 g/mol. The van der Waals surface area contributed by atoms with Gasteiger partial charge < -0.3 is 14.8 Å². The Kier molecular flexibility index (Phi) is 7.31. The van der Waals surface area contributed by atoms with Gasteiger partial charge in [0, 0.05) is 11.6 Å². The van der Waals surface area contributed by atoms with Crippen molar-refractivity contribution in [1.29, 1.82) is 0 Å². The van der Waals surface area contributed by atoms with Crippen LogP contribution in [-0.4, -0.2) is 30.8 Å². The number of rotatable bonds is 5. The Labute approximate surface area is 154 Å². The number of methoxy groups -OCH3 is 1. The second kappa shape index (κ2) is 9.46. The van der Waals surface area contributed by atoms with Crippen LogP contribution in [0.2, 0.25) is 0 Å². The van der Waals surface area contributed by atoms with E-state index in [0.29, 0.717) is 40.7 Å². The quantitative estimate of drug-likeness (QED) is 0.551. The fourth-order valence-electron chi connectivity index (χ4n) is 3.00. The van der Waals surface area contributed by atoms with E-state index < -0.39 is 0 Å². The van der Waals surface area contributed by atoms with Crippen LogP contribution in [0.5, 0.6) is 11.5 Å². The minimum absolute atomic E-state index is 0.290. The summed E-state index contributed by atoms with van der Waals surface area (Å²) in [5, 5.41) is 3.72. The second-order valence-corrected chi connectivity index (χ2v) is 6.63. The molecule has 1 amide bonds. The Hall–Kier alpha value is -2.02. The van der Waals surface area contributed by atoms with Crippen LogP contribution < -0.4 is 25.6 Å². The van der Waals surface area contributed by atoms with Crippen LogP contribution in [0.4, 0.5) is 0 Å². The maximum atomic E-state index is 12.3. The maximum Gasteiger partial charge on any atom is 0.269 e. The zero-order valence-corrected chi connectivity index (χ0v) is 15.9. The van der Waals surface area contributed by atoms with E-state index in [1.165, 1.54) is 19.3 Å². The molecule has 0 aromatic heterocycles. The maximum absolute atomic E-state index is 12.3. The number of amides is 1. The molecule has 2 rings (SSSR count). The zero-order chi connectivity index (χ0) is 18.2. The standard InChI is InChI=1S/C18H27N3O3S/c1-4-24-15-10-9-13(11-16(15)23-3)17(22)20-21-18(25)19-14-8-6-5-7-12(14)2/h9-12,14H,4-8H2,1-3H3,(H,20,22)(H2,19,21,25)/t12-,14+/m1/s1. The molecular formula is C18H27N3O3S. The monoisotopic (exact) mass is 365 g/mol. The van der Waals surface area contributed by atoms with Gasteiger partial charge in [0.15, 0.2) is 16.6 Å². The molecule has 1 aromatic carbocycles. The van der Waals surface area contributed by atoms with Gasteiger partial charge in [0.1, 0.15) is 0 Å². The number of carbonyl (C=O) groups excluding carboxylic acids is 1. The van der Waals surface area contributed by atoms with Crippen LogP contribution in [0.3, 0.4) is 0 Å². The van der Waals surface area contributed by atoms with Gasteiger partial charge in [0.25, 0.3) is 5.91 Å². The smallest absolute Gasteiger partial charge is 0.269 e. The lowest BCUT2D eigenvalue weighted by Crippen LogP contribution is -2.51. The number of benzene rings is 1. The summed E-state index contributed by atoms with van der Waals surface area (Å²) in [6.07, 6.45) is 4.80. The fraction of sp³-hybridized carbons (Fsp3) is 0.556. The van der Waals surface area contributed by atoms with Crippen LogP contribution >= 0.6 is 12.2 Å². The molecule has 1 fully saturated rings. The molecule has 6 nitrogen and oxygen atoms in total. The molecule has 1 aliphatic rings. The van der Waals surface area contributed by atoms with Crippen molar-refractivity contribution in [2.75, 3.05) is 13.7 Å². The van der Waals surface area contributed by atoms with E-state index in [1.54, 1.807) is 25.3 Å². The number of hydrazine groups is 1. The molecule has 1 aromatic rings. The van der Waals surface area contributed by atoms with Gasteiger partial charge in [0.2, 0.25) is 0 Å². The van der Waals surface area contributed by atoms with Crippen LogP contribution in [0.15, 0.2) is 18.2 Å². The molecule has 0 radical (unpaired) electrons. The van der Waals surface area contributed by atoms with Crippen molar-refractivity contribution in [2.24, 2.45) is 5.92 Å². The van der Waals surface area contributed by atoms with Crippen LogP contribution in [0.25, 0.3) is 0 Å². The first-order chi connectivity index (χ1) is 12.0. The number of hydrogen-bond donors (Lipinski definition) is 3. The lowest BCUT2D eigenvalue weighted by atomic mass is 9.86. The highest BCUT2D eigenvalue weighted by Crippen LogP contribution is 2.28. The molecule has 1 aliphatic carbocycles. The van der Waals surface area contributed by atoms with Crippen LogP contribution in [0.1, 0.15) is 49.9 Å². The predicted molar refractivity (Wildman–Crippen MR) is 102 cm³/mol. The van der Waals surface area contributed by atoms with E-state index in [-0.39, 0.29) is 5.91 Å². The molecule has 0 heterocycles. The van der Waals surface area contributed by atoms with E-state index in [4.69, 9.17) is 21.7 Å². The number of hydrogen-bond acceptors (Lipinski definition) is 4. The first-order valence-electron chi connectivity index (χ1n) is 8.72. The van der Waals surface area contributed by atoms with Crippen molar-refractivity contribution in [3.8, 4) is 11.5 Å². The number of thiocarbonyl (C=S) groups is 1. The lowest BCUT2D eigenvalue weighted by Gasteiger charge is -2.30. The molecule has 1 saturated carbocycles. The number of nitrogens with one attached hydrogen (secondary N) is 3. The lowest BCUT2D eigenvalue weighted by molar-refractivity contribution is 0.0943. The summed E-state index contributed by atoms with van der Waals surface area (Å²) in [4.78, 5) is 12.3. The van der Waals surface area contributed by atoms with Crippen molar-refractivity contribution in [2.45, 2.75) is 45.6 Å². The van der Waals surface area contributed by atoms with Gasteiger partial charge in [-0.3, -0.25) is 15.6 Å². The molecule has 0 bridgehead atoms. The van der Waals surface area contributed by atoms with Gasteiger partial charge in [-0.25, -0.2) is 0 Å². The van der Waals surface area contributed by atoms with E-state index in [1.807, 2.05) is 6.92 Å². The van der Waals surface area contributed by atoms with E-state index in [0.717, 1.165) is 6.42 Å². The Bertz CT molecular complexity index is 609. The molecule has 0 unspecified atom stereocenters. The van der Waals surface area contributed by atoms with Gasteiger partial charge in [-0.05, 0) is 56.1 Å². The van der Waals surface area contributed by atoms with Gasteiger partial charge in [-0.1, -0.05) is 19.8 Å². The van der Waals surface area contributed by atoms with Gasteiger partial charge in [-0.15, -0.1) is 0 Å². The Morgan fingerprint density at radius 1 is 1.24 bits per heavy atom. The summed E-state index contributed by atoms with van der Waals surface area (Å²) in [7, 11) is 1.54. The molecule has 25 heavy (non-hydrogen) atoms. The third-order valence-corrected chi connectivity index (χ3v) is 4.66. The highest BCUT2D eigenvalue weighted by Gasteiger charge is 2.21. The molecule has 138 valence electrons. The minimum atomic E-state index is -0.290. The highest BCUT2D eigenvalue weighted by atomic mass is 32.1. The SMILES string of the molecule is CCOc1ccc(C(=O)NNC(=S)N[C@H]2CCCC[C@H]2C)cc1OC. The zero-order valence-electron chi connectivity index (χ0n) is 15.1. The Balaban J connectivity index is 1.88. The number of ether oxygens (including phenoxy) is 2. The summed E-state index contributed by atoms with van der Waals surface area (Å²) in [6, 6.07) is 5.40. The normalized spacial score (nSPS) is 19.6. The summed E-state index contributed by atoms with van der Waals surface area (Å²) in [6.45, 7) is 4.65. The van der Waals surface area contributed by atoms with Gasteiger partial charge >= 0.3 is 0 Å². The Morgan fingerprint density at radius 2 is 2.00 bits per heavy atom. The largest absolute Gasteiger partial charge is 0.493 e. The van der Waals surface area contributed by atoms with Crippen molar-refractivity contribution in [3.05, 3.63) is 23.8 Å². The molecule has 0 spiro atoms. The van der Waals surface area contributed by atoms with Crippen LogP contribution in [0, 0.1) is 5.92 Å². The first-order valence-corrected chi connectivity index (χ1v) is 9.13. The average Bonchev–Trinajstić information content (AvgIpc) is 2.62. The van der Waals surface area contributed by atoms with Gasteiger partial charge in [-0.2, -0.15) is 0 Å². The topological polar surface area (TPSA) is 71.6 Å². The van der Waals surface area contributed by atoms with E-state index in [9.17, 15) is 4.79 Å². The van der Waals surface area contributed by atoms with Crippen molar-refractivity contribution >= 4 is 23.2 Å². The summed E-state index contributed by atoms with van der Waals surface area (Å²) in [5.41, 5.74) is 5.85. The third-order valence-electron chi connectivity index (χ3n) is 4.44. The first kappa shape index (κ1) is 19.3. The molecule has 7 heteroatoms. The molecule has 3 N–H and O–H groups in total. The molecule has 0 aliphatic heterocycles. The third kappa shape index (κ3) is 5.49. The van der Waals surface area contributed by atoms with Crippen molar-refractivity contribution < 1.29 is 14.3 Å². The van der Waals surface area contributed by atoms with Crippen molar-refractivity contribution in [3.63, 3.8) is 0 Å². The van der Waals surface area contributed by atoms with Crippen LogP contribution in [-0.2, 0) is 0 Å². The summed E-state index contributed by atoms with van der Waals surface area (Å²) >= 11 is 5.28.